The lowest BCUT2D eigenvalue weighted by atomic mass is 10.0. The Kier molecular flexibility index (Phi) is 7.50. The zero-order chi connectivity index (χ0) is 27.8. The Morgan fingerprint density at radius 2 is 1.79 bits per heavy atom. The number of aromatic nitrogens is 1. The number of rotatable bonds is 6. The molecule has 38 heavy (non-hydrogen) atoms. The third-order valence-corrected chi connectivity index (χ3v) is 6.90. The van der Waals surface area contributed by atoms with Crippen molar-refractivity contribution in [1.82, 2.24) is 14.8 Å². The Hall–Kier alpha value is -3.49. The fourth-order valence-corrected chi connectivity index (χ4v) is 4.94. The van der Waals surface area contributed by atoms with E-state index in [1.807, 2.05) is 0 Å². The summed E-state index contributed by atoms with van der Waals surface area (Å²) in [6.07, 6.45) is 3.97. The first-order valence-corrected chi connectivity index (χ1v) is 12.3. The van der Waals surface area contributed by atoms with Crippen molar-refractivity contribution in [2.75, 3.05) is 43.9 Å². The highest BCUT2D eigenvalue weighted by Gasteiger charge is 2.64. The number of anilines is 2. The van der Waals surface area contributed by atoms with E-state index in [2.05, 4.69) is 31.5 Å². The Labute approximate surface area is 222 Å². The van der Waals surface area contributed by atoms with E-state index < -0.39 is 53.1 Å². The largest absolute Gasteiger partial charge is 0.387 e. The Morgan fingerprint density at radius 1 is 1.11 bits per heavy atom. The summed E-state index contributed by atoms with van der Waals surface area (Å²) in [6.45, 7) is -2.52. The molecule has 0 bridgehead atoms. The first-order chi connectivity index (χ1) is 17.8. The van der Waals surface area contributed by atoms with Crippen molar-refractivity contribution in [3.8, 4) is 0 Å². The number of likely N-dealkylation sites (tertiary alicyclic amines) is 2. The minimum absolute atomic E-state index is 0.0909. The Bertz CT molecular complexity index is 1260. The number of nitrogens with one attached hydrogen (secondary N) is 2. The molecule has 3 heterocycles. The molecule has 0 radical (unpaired) electrons. The van der Waals surface area contributed by atoms with E-state index in [0.29, 0.717) is 30.6 Å². The van der Waals surface area contributed by atoms with Crippen molar-refractivity contribution in [1.29, 1.82) is 0 Å². The number of hydrogen-bond donors (Lipinski definition) is 2. The summed E-state index contributed by atoms with van der Waals surface area (Å²) in [7, 11) is 1.68. The highest BCUT2D eigenvalue weighted by atomic mass is 79.9. The maximum Gasteiger partial charge on any atom is 0.329 e. The molecule has 2 aliphatic rings. The molecule has 204 valence electrons. The lowest BCUT2D eigenvalue weighted by Crippen LogP contribution is -2.45. The molecule has 0 unspecified atom stereocenters. The number of nitro benzene ring substituents is 1. The SMILES string of the molecule is CNc1cncc(C(=O)N2CCC[C@@H](Nc3c(C(=O)N4CC(F)(F)C(F)(F)C4)cc(Br)cc3[N+](=O)[O-])C2)c1. The minimum Gasteiger partial charge on any atom is -0.387 e. The molecule has 0 saturated carbocycles. The zero-order valence-electron chi connectivity index (χ0n) is 20.0. The van der Waals surface area contributed by atoms with Crippen LogP contribution in [0.1, 0.15) is 33.6 Å². The molecule has 1 aromatic heterocycles. The zero-order valence-corrected chi connectivity index (χ0v) is 21.6. The number of hydrogen-bond acceptors (Lipinski definition) is 7. The second-order valence-corrected chi connectivity index (χ2v) is 10.0. The van der Waals surface area contributed by atoms with Gasteiger partial charge in [0.15, 0.2) is 0 Å². The van der Waals surface area contributed by atoms with Gasteiger partial charge in [0.2, 0.25) is 0 Å². The molecule has 4 rings (SSSR count). The van der Waals surface area contributed by atoms with Crippen LogP contribution in [-0.2, 0) is 0 Å². The van der Waals surface area contributed by atoms with Gasteiger partial charge in [0.25, 0.3) is 17.5 Å². The third kappa shape index (κ3) is 5.37. The van der Waals surface area contributed by atoms with Crippen molar-refractivity contribution >= 4 is 44.8 Å². The van der Waals surface area contributed by atoms with E-state index in [1.165, 1.54) is 11.1 Å². The Morgan fingerprint density at radius 3 is 2.42 bits per heavy atom. The van der Waals surface area contributed by atoms with Crippen LogP contribution in [0.2, 0.25) is 0 Å². The standard InChI is InChI=1S/C23H23BrF4N6O4/c1-29-16-5-13(8-30-9-16)20(35)32-4-2-3-15(10-32)31-19-17(6-14(24)7-18(19)34(37)38)21(36)33-11-22(25,26)23(27,28)12-33/h5-9,15,29,31H,2-4,10-12H2,1H3/t15-/m1/s1. The van der Waals surface area contributed by atoms with Crippen molar-refractivity contribution in [3.63, 3.8) is 0 Å². The van der Waals surface area contributed by atoms with Gasteiger partial charge in [0.05, 0.1) is 34.8 Å². The number of carbonyl (C=O) groups excluding carboxylic acids is 2. The van der Waals surface area contributed by atoms with Crippen LogP contribution in [0.5, 0.6) is 0 Å². The molecule has 1 atom stereocenters. The molecule has 2 aromatic rings. The normalized spacial score (nSPS) is 20.2. The average Bonchev–Trinajstić information content (AvgIpc) is 3.10. The van der Waals surface area contributed by atoms with Crippen molar-refractivity contribution in [3.05, 3.63) is 56.3 Å². The number of halogens is 5. The van der Waals surface area contributed by atoms with Crippen LogP contribution >= 0.6 is 15.9 Å². The van der Waals surface area contributed by atoms with E-state index in [0.717, 1.165) is 12.1 Å². The smallest absolute Gasteiger partial charge is 0.329 e. The monoisotopic (exact) mass is 602 g/mol. The van der Waals surface area contributed by atoms with Gasteiger partial charge >= 0.3 is 11.8 Å². The van der Waals surface area contributed by atoms with Crippen LogP contribution < -0.4 is 10.6 Å². The van der Waals surface area contributed by atoms with E-state index >= 15 is 0 Å². The maximum absolute atomic E-state index is 13.8. The first-order valence-electron chi connectivity index (χ1n) is 11.5. The van der Waals surface area contributed by atoms with E-state index in [-0.39, 0.29) is 27.5 Å². The molecular formula is C23H23BrF4N6O4. The molecule has 10 nitrogen and oxygen atoms in total. The lowest BCUT2D eigenvalue weighted by molar-refractivity contribution is -0.384. The minimum atomic E-state index is -4.43. The van der Waals surface area contributed by atoms with Crippen molar-refractivity contribution < 1.29 is 32.1 Å². The molecule has 0 spiro atoms. The van der Waals surface area contributed by atoms with Gasteiger partial charge in [-0.2, -0.15) is 17.6 Å². The summed E-state index contributed by atoms with van der Waals surface area (Å²) in [6, 6.07) is 3.35. The van der Waals surface area contributed by atoms with Gasteiger partial charge in [-0.1, -0.05) is 15.9 Å². The lowest BCUT2D eigenvalue weighted by Gasteiger charge is -2.34. The molecule has 2 aliphatic heterocycles. The summed E-state index contributed by atoms with van der Waals surface area (Å²) in [5.74, 6) is -10.4. The van der Waals surface area contributed by atoms with Crippen molar-refractivity contribution in [2.45, 2.75) is 30.7 Å². The fourth-order valence-electron chi connectivity index (χ4n) is 4.50. The molecule has 2 amide bonds. The van der Waals surface area contributed by atoms with Crippen LogP contribution in [-0.4, -0.2) is 82.6 Å². The summed E-state index contributed by atoms with van der Waals surface area (Å²) in [4.78, 5) is 43.1. The van der Waals surface area contributed by atoms with Crippen molar-refractivity contribution in [2.24, 2.45) is 0 Å². The summed E-state index contributed by atoms with van der Waals surface area (Å²) >= 11 is 3.07. The number of nitrogens with zero attached hydrogens (tertiary/aromatic N) is 4. The highest BCUT2D eigenvalue weighted by Crippen LogP contribution is 2.43. The van der Waals surface area contributed by atoms with Crippen LogP contribution in [0, 0.1) is 10.1 Å². The van der Waals surface area contributed by atoms with Gasteiger partial charge in [-0.25, -0.2) is 0 Å². The van der Waals surface area contributed by atoms with Gasteiger partial charge in [0, 0.05) is 49.1 Å². The summed E-state index contributed by atoms with van der Waals surface area (Å²) in [5.41, 5.74) is -0.281. The van der Waals surface area contributed by atoms with Gasteiger partial charge in [-0.3, -0.25) is 24.7 Å². The molecule has 2 saturated heterocycles. The first kappa shape index (κ1) is 27.5. The third-order valence-electron chi connectivity index (χ3n) is 6.44. The topological polar surface area (TPSA) is 121 Å². The van der Waals surface area contributed by atoms with Gasteiger partial charge in [-0.05, 0) is 25.0 Å². The molecular weight excluding hydrogens is 580 g/mol. The van der Waals surface area contributed by atoms with Crippen LogP contribution in [0.3, 0.4) is 0 Å². The number of pyridine rings is 1. The van der Waals surface area contributed by atoms with E-state index in [1.54, 1.807) is 19.3 Å². The molecule has 2 fully saturated rings. The predicted molar refractivity (Wildman–Crippen MR) is 133 cm³/mol. The summed E-state index contributed by atoms with van der Waals surface area (Å²) in [5, 5.41) is 17.7. The fraction of sp³-hybridized carbons (Fsp3) is 0.435. The van der Waals surface area contributed by atoms with Gasteiger partial charge in [-0.15, -0.1) is 0 Å². The van der Waals surface area contributed by atoms with E-state index in [9.17, 15) is 37.3 Å². The number of piperidine rings is 1. The number of nitro groups is 1. The van der Waals surface area contributed by atoms with E-state index in [4.69, 9.17) is 0 Å². The number of amides is 2. The molecule has 0 aliphatic carbocycles. The molecule has 1 aromatic carbocycles. The Balaban J connectivity index is 1.62. The van der Waals surface area contributed by atoms with Gasteiger partial charge < -0.3 is 20.4 Å². The quantitative estimate of drug-likeness (QED) is 0.288. The van der Waals surface area contributed by atoms with Gasteiger partial charge in [0.1, 0.15) is 5.69 Å². The molecule has 2 N–H and O–H groups in total. The van der Waals surface area contributed by atoms with Crippen LogP contribution in [0.4, 0.5) is 34.6 Å². The second kappa shape index (κ2) is 10.3. The highest BCUT2D eigenvalue weighted by molar-refractivity contribution is 9.10. The van der Waals surface area contributed by atoms with Crippen LogP contribution in [0.25, 0.3) is 0 Å². The summed E-state index contributed by atoms with van der Waals surface area (Å²) < 4.78 is 55.3. The number of benzene rings is 1. The number of alkyl halides is 4. The maximum atomic E-state index is 13.8. The number of carbonyl (C=O) groups is 2. The predicted octanol–water partition coefficient (Wildman–Crippen LogP) is 4.24. The molecule has 15 heteroatoms. The van der Waals surface area contributed by atoms with Crippen LogP contribution in [0.15, 0.2) is 35.1 Å². The second-order valence-electron chi connectivity index (χ2n) is 9.12. The average molecular weight is 603 g/mol.